The minimum absolute atomic E-state index is 0.789. The molecule has 2 N–H and O–H groups in total. The van der Waals surface area contributed by atoms with Crippen molar-refractivity contribution in [3.63, 3.8) is 0 Å². The molecular formula is C15H20N4. The Morgan fingerprint density at radius 2 is 1.89 bits per heavy atom. The summed E-state index contributed by atoms with van der Waals surface area (Å²) in [4.78, 5) is 11.1. The molecule has 1 aromatic carbocycles. The maximum absolute atomic E-state index is 5.71. The van der Waals surface area contributed by atoms with Gasteiger partial charge in [-0.25, -0.2) is 9.97 Å². The van der Waals surface area contributed by atoms with Gasteiger partial charge in [0.25, 0.3) is 0 Å². The summed E-state index contributed by atoms with van der Waals surface area (Å²) in [6.45, 7) is 5.88. The smallest absolute Gasteiger partial charge is 0.225 e. The van der Waals surface area contributed by atoms with Gasteiger partial charge in [0.2, 0.25) is 5.95 Å². The zero-order valence-electron chi connectivity index (χ0n) is 11.5. The molecule has 0 spiro atoms. The summed E-state index contributed by atoms with van der Waals surface area (Å²) in [7, 11) is 0. The maximum Gasteiger partial charge on any atom is 0.225 e. The molecule has 0 aliphatic heterocycles. The van der Waals surface area contributed by atoms with Gasteiger partial charge in [-0.05, 0) is 37.1 Å². The molecule has 0 atom stereocenters. The van der Waals surface area contributed by atoms with Crippen molar-refractivity contribution in [1.29, 1.82) is 0 Å². The molecule has 0 radical (unpaired) electrons. The van der Waals surface area contributed by atoms with Gasteiger partial charge in [0.15, 0.2) is 0 Å². The van der Waals surface area contributed by atoms with Gasteiger partial charge >= 0.3 is 0 Å². The second kappa shape index (κ2) is 6.18. The predicted octanol–water partition coefficient (Wildman–Crippen LogP) is 2.78. The zero-order valence-corrected chi connectivity index (χ0v) is 11.5. The molecule has 4 nitrogen and oxygen atoms in total. The molecule has 0 saturated carbocycles. The van der Waals surface area contributed by atoms with Crippen LogP contribution in [0.1, 0.15) is 24.6 Å². The minimum Gasteiger partial charge on any atom is -0.399 e. The molecule has 0 saturated heterocycles. The highest BCUT2D eigenvalue weighted by molar-refractivity contribution is 5.41. The largest absolute Gasteiger partial charge is 0.399 e. The number of hydrogen-bond donors (Lipinski definition) is 1. The first kappa shape index (κ1) is 13.3. The average molecular weight is 256 g/mol. The van der Waals surface area contributed by atoms with Crippen LogP contribution in [-0.2, 0) is 6.54 Å². The van der Waals surface area contributed by atoms with E-state index in [4.69, 9.17) is 5.73 Å². The number of rotatable bonds is 5. The van der Waals surface area contributed by atoms with Crippen molar-refractivity contribution in [3.8, 4) is 0 Å². The molecule has 0 unspecified atom stereocenters. The van der Waals surface area contributed by atoms with Crippen molar-refractivity contribution in [2.45, 2.75) is 26.8 Å². The summed E-state index contributed by atoms with van der Waals surface area (Å²) < 4.78 is 0. The third kappa shape index (κ3) is 3.68. The molecule has 0 aliphatic rings. The van der Waals surface area contributed by atoms with Crippen molar-refractivity contribution >= 4 is 11.6 Å². The van der Waals surface area contributed by atoms with Crippen LogP contribution in [0.5, 0.6) is 0 Å². The highest BCUT2D eigenvalue weighted by atomic mass is 15.2. The molecule has 0 aliphatic carbocycles. The Balaban J connectivity index is 2.18. The van der Waals surface area contributed by atoms with Gasteiger partial charge in [0.1, 0.15) is 0 Å². The van der Waals surface area contributed by atoms with Crippen molar-refractivity contribution in [3.05, 3.63) is 47.8 Å². The van der Waals surface area contributed by atoms with Gasteiger partial charge in [-0.1, -0.05) is 19.1 Å². The molecule has 0 bridgehead atoms. The molecule has 100 valence electrons. The SMILES string of the molecule is CCCN(Cc1ccc(N)cc1)c1nccc(C)n1. The first-order valence-electron chi connectivity index (χ1n) is 6.58. The van der Waals surface area contributed by atoms with Crippen molar-refractivity contribution in [1.82, 2.24) is 9.97 Å². The van der Waals surface area contributed by atoms with Gasteiger partial charge in [-0.2, -0.15) is 0 Å². The van der Waals surface area contributed by atoms with Crippen molar-refractivity contribution in [2.75, 3.05) is 17.2 Å². The third-order valence-electron chi connectivity index (χ3n) is 2.91. The number of anilines is 2. The van der Waals surface area contributed by atoms with Crippen LogP contribution in [0, 0.1) is 6.92 Å². The Bertz CT molecular complexity index is 522. The maximum atomic E-state index is 5.71. The number of nitrogen functional groups attached to an aromatic ring is 1. The summed E-state index contributed by atoms with van der Waals surface area (Å²) in [5.74, 6) is 0.790. The predicted molar refractivity (Wildman–Crippen MR) is 79.0 cm³/mol. The normalized spacial score (nSPS) is 10.4. The van der Waals surface area contributed by atoms with Crippen molar-refractivity contribution in [2.24, 2.45) is 0 Å². The highest BCUT2D eigenvalue weighted by Crippen LogP contribution is 2.14. The molecule has 2 aromatic rings. The number of hydrogen-bond acceptors (Lipinski definition) is 4. The Hall–Kier alpha value is -2.10. The number of aryl methyl sites for hydroxylation is 1. The van der Waals surface area contributed by atoms with Gasteiger partial charge in [-0.15, -0.1) is 0 Å². The topological polar surface area (TPSA) is 55.0 Å². The number of aromatic nitrogens is 2. The standard InChI is InChI=1S/C15H20N4/c1-3-10-19(15-17-9-8-12(2)18-15)11-13-4-6-14(16)7-5-13/h4-9H,3,10-11,16H2,1-2H3. The molecule has 2 rings (SSSR count). The van der Waals surface area contributed by atoms with E-state index in [0.29, 0.717) is 0 Å². The Morgan fingerprint density at radius 3 is 2.53 bits per heavy atom. The molecule has 19 heavy (non-hydrogen) atoms. The zero-order chi connectivity index (χ0) is 13.7. The molecular weight excluding hydrogens is 236 g/mol. The Labute approximate surface area is 114 Å². The van der Waals surface area contributed by atoms with Crippen LogP contribution in [0.2, 0.25) is 0 Å². The minimum atomic E-state index is 0.789. The van der Waals surface area contributed by atoms with Gasteiger partial charge in [-0.3, -0.25) is 0 Å². The first-order chi connectivity index (χ1) is 9.19. The molecule has 1 aromatic heterocycles. The highest BCUT2D eigenvalue weighted by Gasteiger charge is 2.09. The summed E-state index contributed by atoms with van der Waals surface area (Å²) in [6.07, 6.45) is 2.87. The second-order valence-electron chi connectivity index (χ2n) is 4.66. The summed E-state index contributed by atoms with van der Waals surface area (Å²) in [5.41, 5.74) is 8.70. The van der Waals surface area contributed by atoms with Crippen LogP contribution in [-0.4, -0.2) is 16.5 Å². The summed E-state index contributed by atoms with van der Waals surface area (Å²) in [6, 6.07) is 9.87. The molecule has 4 heteroatoms. The van der Waals surface area contributed by atoms with Crippen LogP contribution < -0.4 is 10.6 Å². The van der Waals surface area contributed by atoms with Gasteiger partial charge in [0, 0.05) is 30.7 Å². The lowest BCUT2D eigenvalue weighted by Crippen LogP contribution is -2.25. The fraction of sp³-hybridized carbons (Fsp3) is 0.333. The van der Waals surface area contributed by atoms with E-state index in [2.05, 4.69) is 21.8 Å². The van der Waals surface area contributed by atoms with Gasteiger partial charge < -0.3 is 10.6 Å². The number of benzene rings is 1. The monoisotopic (exact) mass is 256 g/mol. The summed E-state index contributed by atoms with van der Waals surface area (Å²) in [5, 5.41) is 0. The lowest BCUT2D eigenvalue weighted by atomic mass is 10.2. The van der Waals surface area contributed by atoms with Crippen LogP contribution >= 0.6 is 0 Å². The van der Waals surface area contributed by atoms with E-state index in [-0.39, 0.29) is 0 Å². The third-order valence-corrected chi connectivity index (χ3v) is 2.91. The second-order valence-corrected chi connectivity index (χ2v) is 4.66. The quantitative estimate of drug-likeness (QED) is 0.836. The van der Waals surface area contributed by atoms with Crippen LogP contribution in [0.15, 0.2) is 36.5 Å². The van der Waals surface area contributed by atoms with Gasteiger partial charge in [0.05, 0.1) is 0 Å². The Kier molecular flexibility index (Phi) is 4.34. The fourth-order valence-corrected chi connectivity index (χ4v) is 1.95. The van der Waals surface area contributed by atoms with E-state index in [9.17, 15) is 0 Å². The molecule has 0 amide bonds. The average Bonchev–Trinajstić information content (AvgIpc) is 2.41. The Morgan fingerprint density at radius 1 is 1.16 bits per heavy atom. The number of nitrogens with zero attached hydrogens (tertiary/aromatic N) is 3. The molecule has 1 heterocycles. The van der Waals surface area contributed by atoms with E-state index < -0.39 is 0 Å². The van der Waals surface area contributed by atoms with Crippen LogP contribution in [0.25, 0.3) is 0 Å². The lowest BCUT2D eigenvalue weighted by Gasteiger charge is -2.22. The van der Waals surface area contributed by atoms with Crippen molar-refractivity contribution < 1.29 is 0 Å². The lowest BCUT2D eigenvalue weighted by molar-refractivity contribution is 0.736. The summed E-state index contributed by atoms with van der Waals surface area (Å²) >= 11 is 0. The van der Waals surface area contributed by atoms with Crippen LogP contribution in [0.3, 0.4) is 0 Å². The van der Waals surface area contributed by atoms with E-state index in [1.165, 1.54) is 5.56 Å². The van der Waals surface area contributed by atoms with E-state index in [1.54, 1.807) is 0 Å². The first-order valence-corrected chi connectivity index (χ1v) is 6.58. The number of nitrogens with two attached hydrogens (primary N) is 1. The van der Waals surface area contributed by atoms with Crippen LogP contribution in [0.4, 0.5) is 11.6 Å². The van der Waals surface area contributed by atoms with E-state index >= 15 is 0 Å². The van der Waals surface area contributed by atoms with E-state index in [1.807, 2.05) is 43.5 Å². The fourth-order valence-electron chi connectivity index (χ4n) is 1.95. The molecule has 0 fully saturated rings. The van der Waals surface area contributed by atoms with E-state index in [0.717, 1.165) is 36.8 Å².